The molecule has 0 aliphatic carbocycles. The Morgan fingerprint density at radius 2 is 2.00 bits per heavy atom. The molecule has 1 aromatic carbocycles. The highest BCUT2D eigenvalue weighted by Gasteiger charge is 2.22. The summed E-state index contributed by atoms with van der Waals surface area (Å²) < 4.78 is 0. The normalized spacial score (nSPS) is 10.7. The zero-order valence-corrected chi connectivity index (χ0v) is 14.3. The molecular weight excluding hydrogens is 328 g/mol. The minimum absolute atomic E-state index is 0.144. The van der Waals surface area contributed by atoms with Crippen molar-refractivity contribution < 1.29 is 14.7 Å². The van der Waals surface area contributed by atoms with E-state index in [-0.39, 0.29) is 18.0 Å². The molecule has 0 radical (unpaired) electrons. The molecule has 0 unspecified atom stereocenters. The van der Waals surface area contributed by atoms with Crippen molar-refractivity contribution in [1.29, 1.82) is 0 Å². The predicted molar refractivity (Wildman–Crippen MR) is 93.1 cm³/mol. The van der Waals surface area contributed by atoms with Crippen LogP contribution in [0.1, 0.15) is 24.2 Å². The third kappa shape index (κ3) is 4.55. The monoisotopic (exact) mass is 346 g/mol. The number of carboxylic acid groups (broad SMARTS) is 1. The summed E-state index contributed by atoms with van der Waals surface area (Å²) in [6.45, 7) is 3.83. The van der Waals surface area contributed by atoms with Gasteiger partial charge >= 0.3 is 5.97 Å². The van der Waals surface area contributed by atoms with Crippen LogP contribution in [0.15, 0.2) is 42.6 Å². The molecule has 0 saturated heterocycles. The molecule has 0 aliphatic heterocycles. The summed E-state index contributed by atoms with van der Waals surface area (Å²) in [5.41, 5.74) is 1.75. The fourth-order valence-electron chi connectivity index (χ4n) is 2.38. The van der Waals surface area contributed by atoms with E-state index in [0.717, 1.165) is 11.3 Å². The van der Waals surface area contributed by atoms with Gasteiger partial charge in [0.25, 0.3) is 5.91 Å². The van der Waals surface area contributed by atoms with Gasteiger partial charge in [-0.15, -0.1) is 0 Å². The van der Waals surface area contributed by atoms with E-state index in [1.54, 1.807) is 24.4 Å². The van der Waals surface area contributed by atoms with E-state index in [0.29, 0.717) is 11.6 Å². The Bertz CT molecular complexity index is 732. The molecule has 1 amide bonds. The van der Waals surface area contributed by atoms with Gasteiger partial charge in [0.1, 0.15) is 6.54 Å². The summed E-state index contributed by atoms with van der Waals surface area (Å²) in [6, 6.07) is 10.6. The Balaban J connectivity index is 2.38. The molecule has 2 aromatic rings. The Morgan fingerprint density at radius 3 is 2.58 bits per heavy atom. The molecule has 126 valence electrons. The minimum Gasteiger partial charge on any atom is -0.480 e. The Hall–Kier alpha value is -2.40. The van der Waals surface area contributed by atoms with Gasteiger partial charge in [0, 0.05) is 18.3 Å². The SMILES string of the molecule is CC(C)CN(CC(=O)O)C(=O)c1cc(-c2ccccn2)ccc1Cl. The van der Waals surface area contributed by atoms with E-state index in [2.05, 4.69) is 4.98 Å². The van der Waals surface area contributed by atoms with E-state index in [1.807, 2.05) is 32.0 Å². The summed E-state index contributed by atoms with van der Waals surface area (Å²) in [6.07, 6.45) is 1.67. The van der Waals surface area contributed by atoms with Crippen LogP contribution in [0.4, 0.5) is 0 Å². The quantitative estimate of drug-likeness (QED) is 0.867. The fraction of sp³-hybridized carbons (Fsp3) is 0.278. The number of aliphatic carboxylic acids is 1. The number of pyridine rings is 1. The number of halogens is 1. The van der Waals surface area contributed by atoms with Crippen molar-refractivity contribution in [2.45, 2.75) is 13.8 Å². The van der Waals surface area contributed by atoms with E-state index in [4.69, 9.17) is 16.7 Å². The first-order valence-electron chi connectivity index (χ1n) is 7.60. The van der Waals surface area contributed by atoms with Gasteiger partial charge in [0.15, 0.2) is 0 Å². The first-order chi connectivity index (χ1) is 11.4. The summed E-state index contributed by atoms with van der Waals surface area (Å²) >= 11 is 6.18. The van der Waals surface area contributed by atoms with Crippen molar-refractivity contribution in [2.24, 2.45) is 5.92 Å². The molecule has 0 spiro atoms. The lowest BCUT2D eigenvalue weighted by Gasteiger charge is -2.23. The van der Waals surface area contributed by atoms with Gasteiger partial charge in [-0.1, -0.05) is 37.6 Å². The second-order valence-corrected chi connectivity index (χ2v) is 6.29. The second kappa shape index (κ2) is 7.93. The van der Waals surface area contributed by atoms with E-state index in [9.17, 15) is 9.59 Å². The van der Waals surface area contributed by atoms with Crippen molar-refractivity contribution in [2.75, 3.05) is 13.1 Å². The molecule has 0 atom stereocenters. The van der Waals surface area contributed by atoms with Crippen molar-refractivity contribution in [3.05, 3.63) is 53.2 Å². The van der Waals surface area contributed by atoms with Gasteiger partial charge in [0.05, 0.1) is 16.3 Å². The summed E-state index contributed by atoms with van der Waals surface area (Å²) in [7, 11) is 0. The molecule has 0 bridgehead atoms. The molecule has 1 aromatic heterocycles. The van der Waals surface area contributed by atoms with Crippen molar-refractivity contribution >= 4 is 23.5 Å². The van der Waals surface area contributed by atoms with Gasteiger partial charge < -0.3 is 10.0 Å². The first kappa shape index (κ1) is 17.9. The third-order valence-corrected chi connectivity index (χ3v) is 3.69. The molecule has 24 heavy (non-hydrogen) atoms. The average Bonchev–Trinajstić information content (AvgIpc) is 2.54. The van der Waals surface area contributed by atoms with Crippen LogP contribution in [-0.4, -0.2) is 40.0 Å². The highest BCUT2D eigenvalue weighted by atomic mass is 35.5. The number of nitrogens with zero attached hydrogens (tertiary/aromatic N) is 2. The van der Waals surface area contributed by atoms with E-state index >= 15 is 0 Å². The maximum absolute atomic E-state index is 12.8. The molecule has 0 fully saturated rings. The predicted octanol–water partition coefficient (Wildman–Crippen LogP) is 3.58. The zero-order valence-electron chi connectivity index (χ0n) is 13.6. The van der Waals surface area contributed by atoms with Crippen molar-refractivity contribution in [3.63, 3.8) is 0 Å². The summed E-state index contributed by atoms with van der Waals surface area (Å²) in [4.78, 5) is 29.4. The van der Waals surface area contributed by atoms with Crippen LogP contribution in [0.2, 0.25) is 5.02 Å². The molecule has 1 heterocycles. The lowest BCUT2D eigenvalue weighted by Crippen LogP contribution is -2.38. The molecular formula is C18H19ClN2O3. The van der Waals surface area contributed by atoms with Crippen LogP contribution in [0.25, 0.3) is 11.3 Å². The first-order valence-corrected chi connectivity index (χ1v) is 7.98. The highest BCUT2D eigenvalue weighted by molar-refractivity contribution is 6.34. The molecule has 1 N–H and O–H groups in total. The molecule has 0 saturated carbocycles. The van der Waals surface area contributed by atoms with Crippen molar-refractivity contribution in [3.8, 4) is 11.3 Å². The minimum atomic E-state index is -1.05. The maximum Gasteiger partial charge on any atom is 0.323 e. The number of rotatable bonds is 6. The second-order valence-electron chi connectivity index (χ2n) is 5.88. The Labute approximate surface area is 145 Å². The number of hydrogen-bond acceptors (Lipinski definition) is 3. The number of carboxylic acids is 1. The lowest BCUT2D eigenvalue weighted by molar-refractivity contribution is -0.137. The smallest absolute Gasteiger partial charge is 0.323 e. The number of amides is 1. The number of carbonyl (C=O) groups excluding carboxylic acids is 1. The fourth-order valence-corrected chi connectivity index (χ4v) is 2.57. The van der Waals surface area contributed by atoms with Gasteiger partial charge in [-0.2, -0.15) is 0 Å². The largest absolute Gasteiger partial charge is 0.480 e. The van der Waals surface area contributed by atoms with Gasteiger partial charge in [0.2, 0.25) is 0 Å². The standard InChI is InChI=1S/C18H19ClN2O3/c1-12(2)10-21(11-17(22)23)18(24)14-9-13(6-7-15(14)19)16-5-3-4-8-20-16/h3-9,12H,10-11H2,1-2H3,(H,22,23). The molecule has 6 heteroatoms. The van der Waals surface area contributed by atoms with E-state index < -0.39 is 11.9 Å². The number of carbonyl (C=O) groups is 2. The van der Waals surface area contributed by atoms with Crippen LogP contribution in [0.5, 0.6) is 0 Å². The van der Waals surface area contributed by atoms with Gasteiger partial charge in [-0.3, -0.25) is 14.6 Å². The van der Waals surface area contributed by atoms with Crippen LogP contribution < -0.4 is 0 Å². The van der Waals surface area contributed by atoms with Crippen LogP contribution in [-0.2, 0) is 4.79 Å². The summed E-state index contributed by atoms with van der Waals surface area (Å²) in [5.74, 6) is -1.30. The molecule has 5 nitrogen and oxygen atoms in total. The van der Waals surface area contributed by atoms with Crippen molar-refractivity contribution in [1.82, 2.24) is 9.88 Å². The highest BCUT2D eigenvalue weighted by Crippen LogP contribution is 2.25. The maximum atomic E-state index is 12.8. The Kier molecular flexibility index (Phi) is 5.93. The van der Waals surface area contributed by atoms with Crippen LogP contribution >= 0.6 is 11.6 Å². The van der Waals surface area contributed by atoms with Gasteiger partial charge in [-0.25, -0.2) is 0 Å². The van der Waals surface area contributed by atoms with Crippen LogP contribution in [0.3, 0.4) is 0 Å². The molecule has 0 aliphatic rings. The number of aromatic nitrogens is 1. The lowest BCUT2D eigenvalue weighted by atomic mass is 10.1. The molecule has 2 rings (SSSR count). The number of benzene rings is 1. The Morgan fingerprint density at radius 1 is 1.25 bits per heavy atom. The third-order valence-electron chi connectivity index (χ3n) is 3.36. The summed E-state index contributed by atoms with van der Waals surface area (Å²) in [5, 5.41) is 9.35. The van der Waals surface area contributed by atoms with Gasteiger partial charge in [-0.05, 0) is 30.2 Å². The van der Waals surface area contributed by atoms with Crippen LogP contribution in [0, 0.1) is 5.92 Å². The number of hydrogen-bond donors (Lipinski definition) is 1. The zero-order chi connectivity index (χ0) is 17.7. The topological polar surface area (TPSA) is 70.5 Å². The average molecular weight is 347 g/mol. The van der Waals surface area contributed by atoms with E-state index in [1.165, 1.54) is 4.90 Å².